The summed E-state index contributed by atoms with van der Waals surface area (Å²) in [6.07, 6.45) is 4.08. The minimum Gasteiger partial charge on any atom is -0.362 e. The van der Waals surface area contributed by atoms with Gasteiger partial charge in [0, 0.05) is 35.9 Å². The maximum atomic E-state index is 11.8. The minimum absolute atomic E-state index is 0.0534. The summed E-state index contributed by atoms with van der Waals surface area (Å²) in [5.41, 5.74) is 4.23. The second-order valence-corrected chi connectivity index (χ2v) is 4.34. The number of aromatic nitrogens is 2. The molecule has 0 radical (unpaired) electrons. The van der Waals surface area contributed by atoms with E-state index in [0.29, 0.717) is 12.1 Å². The Morgan fingerprint density at radius 3 is 2.67 bits per heavy atom. The van der Waals surface area contributed by atoms with Gasteiger partial charge in [0.1, 0.15) is 0 Å². The van der Waals surface area contributed by atoms with Crippen molar-refractivity contribution in [2.24, 2.45) is 0 Å². The Hall–Kier alpha value is -2.10. The largest absolute Gasteiger partial charge is 0.362 e. The molecule has 0 aliphatic rings. The van der Waals surface area contributed by atoms with Gasteiger partial charge >= 0.3 is 0 Å². The monoisotopic (exact) mass is 243 g/mol. The van der Waals surface area contributed by atoms with Crippen molar-refractivity contribution >= 4 is 5.91 Å². The Labute approximate surface area is 106 Å². The zero-order valence-corrected chi connectivity index (χ0v) is 10.7. The van der Waals surface area contributed by atoms with Gasteiger partial charge in [0.2, 0.25) is 0 Å². The molecule has 0 aliphatic heterocycles. The molecule has 2 rings (SSSR count). The Balaban J connectivity index is 1.86. The van der Waals surface area contributed by atoms with Crippen molar-refractivity contribution < 1.29 is 4.79 Å². The average Bonchev–Trinajstić information content (AvgIpc) is 2.69. The lowest BCUT2D eigenvalue weighted by molar-refractivity contribution is 0.0954. The number of carbonyl (C=O) groups is 1. The summed E-state index contributed by atoms with van der Waals surface area (Å²) in [4.78, 5) is 18.9. The second-order valence-electron chi connectivity index (χ2n) is 4.34. The molecule has 1 amide bonds. The van der Waals surface area contributed by atoms with Crippen LogP contribution in [-0.4, -0.2) is 22.4 Å². The van der Waals surface area contributed by atoms with Gasteiger partial charge in [-0.3, -0.25) is 9.78 Å². The van der Waals surface area contributed by atoms with E-state index in [0.717, 1.165) is 12.1 Å². The van der Waals surface area contributed by atoms with Gasteiger partial charge < -0.3 is 10.3 Å². The Bertz CT molecular complexity index is 531. The van der Waals surface area contributed by atoms with Gasteiger partial charge in [-0.1, -0.05) is 0 Å². The minimum atomic E-state index is -0.0534. The fraction of sp³-hybridized carbons (Fsp3) is 0.286. The summed E-state index contributed by atoms with van der Waals surface area (Å²) in [6, 6.07) is 5.54. The highest BCUT2D eigenvalue weighted by Crippen LogP contribution is 2.09. The summed E-state index contributed by atoms with van der Waals surface area (Å²) >= 11 is 0. The van der Waals surface area contributed by atoms with E-state index in [2.05, 4.69) is 21.4 Å². The van der Waals surface area contributed by atoms with Crippen LogP contribution in [0.2, 0.25) is 0 Å². The lowest BCUT2D eigenvalue weighted by Gasteiger charge is -2.04. The van der Waals surface area contributed by atoms with E-state index in [1.54, 1.807) is 24.5 Å². The van der Waals surface area contributed by atoms with E-state index in [1.165, 1.54) is 11.3 Å². The Kier molecular flexibility index (Phi) is 3.77. The molecule has 0 saturated carbocycles. The van der Waals surface area contributed by atoms with Gasteiger partial charge in [-0.2, -0.15) is 0 Å². The van der Waals surface area contributed by atoms with Gasteiger partial charge in [0.15, 0.2) is 0 Å². The first kappa shape index (κ1) is 12.4. The van der Waals surface area contributed by atoms with Crippen LogP contribution in [0.4, 0.5) is 0 Å². The highest BCUT2D eigenvalue weighted by Gasteiger charge is 2.05. The molecule has 0 atom stereocenters. The van der Waals surface area contributed by atoms with Crippen LogP contribution in [-0.2, 0) is 6.42 Å². The fourth-order valence-corrected chi connectivity index (χ4v) is 1.96. The van der Waals surface area contributed by atoms with Gasteiger partial charge in [0.05, 0.1) is 0 Å². The number of H-pyrrole nitrogens is 1. The van der Waals surface area contributed by atoms with Gasteiger partial charge in [-0.05, 0) is 44.0 Å². The number of carbonyl (C=O) groups excluding carboxylic acids is 1. The SMILES string of the molecule is Cc1cc(CCNC(=O)c2ccncc2)c(C)[nH]1. The van der Waals surface area contributed by atoms with Crippen LogP contribution in [0.15, 0.2) is 30.6 Å². The molecule has 94 valence electrons. The first-order chi connectivity index (χ1) is 8.66. The smallest absolute Gasteiger partial charge is 0.251 e. The van der Waals surface area contributed by atoms with Gasteiger partial charge in [-0.15, -0.1) is 0 Å². The lowest BCUT2D eigenvalue weighted by Crippen LogP contribution is -2.25. The standard InChI is InChI=1S/C14H17N3O/c1-10-9-13(11(2)17-10)5-8-16-14(18)12-3-6-15-7-4-12/h3-4,6-7,9,17H,5,8H2,1-2H3,(H,16,18). The number of hydrogen-bond acceptors (Lipinski definition) is 2. The summed E-state index contributed by atoms with van der Waals surface area (Å²) in [5, 5.41) is 2.90. The Morgan fingerprint density at radius 1 is 1.33 bits per heavy atom. The van der Waals surface area contributed by atoms with E-state index in [-0.39, 0.29) is 5.91 Å². The third-order valence-electron chi connectivity index (χ3n) is 2.88. The highest BCUT2D eigenvalue weighted by atomic mass is 16.1. The van der Waals surface area contributed by atoms with Crippen LogP contribution in [0.3, 0.4) is 0 Å². The number of hydrogen-bond donors (Lipinski definition) is 2. The van der Waals surface area contributed by atoms with E-state index in [4.69, 9.17) is 0 Å². The molecule has 2 aromatic rings. The molecule has 4 nitrogen and oxygen atoms in total. The van der Waals surface area contributed by atoms with E-state index in [1.807, 2.05) is 13.8 Å². The predicted molar refractivity (Wildman–Crippen MR) is 70.5 cm³/mol. The molecule has 0 spiro atoms. The lowest BCUT2D eigenvalue weighted by atomic mass is 10.1. The number of aryl methyl sites for hydroxylation is 2. The van der Waals surface area contributed by atoms with Crippen LogP contribution in [0, 0.1) is 13.8 Å². The third kappa shape index (κ3) is 2.97. The fourth-order valence-electron chi connectivity index (χ4n) is 1.96. The maximum absolute atomic E-state index is 11.8. The number of pyridine rings is 1. The molecular formula is C14H17N3O. The van der Waals surface area contributed by atoms with Crippen molar-refractivity contribution in [1.82, 2.24) is 15.3 Å². The van der Waals surface area contributed by atoms with Crippen molar-refractivity contribution in [2.75, 3.05) is 6.54 Å². The maximum Gasteiger partial charge on any atom is 0.251 e. The van der Waals surface area contributed by atoms with Crippen molar-refractivity contribution in [1.29, 1.82) is 0 Å². The summed E-state index contributed by atoms with van der Waals surface area (Å²) in [5.74, 6) is -0.0534. The molecule has 2 aromatic heterocycles. The topological polar surface area (TPSA) is 57.8 Å². The number of amides is 1. The van der Waals surface area contributed by atoms with Crippen LogP contribution < -0.4 is 5.32 Å². The van der Waals surface area contributed by atoms with E-state index < -0.39 is 0 Å². The molecule has 2 N–H and O–H groups in total. The first-order valence-corrected chi connectivity index (χ1v) is 6.00. The van der Waals surface area contributed by atoms with Crippen LogP contribution in [0.1, 0.15) is 27.3 Å². The second kappa shape index (κ2) is 5.49. The zero-order chi connectivity index (χ0) is 13.0. The molecule has 0 aliphatic carbocycles. The van der Waals surface area contributed by atoms with Crippen molar-refractivity contribution in [2.45, 2.75) is 20.3 Å². The van der Waals surface area contributed by atoms with Crippen molar-refractivity contribution in [3.63, 3.8) is 0 Å². The molecule has 0 saturated heterocycles. The van der Waals surface area contributed by atoms with Crippen LogP contribution >= 0.6 is 0 Å². The zero-order valence-electron chi connectivity index (χ0n) is 10.7. The van der Waals surface area contributed by atoms with Crippen molar-refractivity contribution in [3.05, 3.63) is 53.1 Å². The number of nitrogens with zero attached hydrogens (tertiary/aromatic N) is 1. The number of rotatable bonds is 4. The molecule has 0 bridgehead atoms. The predicted octanol–water partition coefficient (Wildman–Crippen LogP) is 2.00. The summed E-state index contributed by atoms with van der Waals surface area (Å²) in [7, 11) is 0. The molecule has 2 heterocycles. The molecule has 18 heavy (non-hydrogen) atoms. The summed E-state index contributed by atoms with van der Waals surface area (Å²) < 4.78 is 0. The number of nitrogens with one attached hydrogen (secondary N) is 2. The molecule has 0 fully saturated rings. The highest BCUT2D eigenvalue weighted by molar-refractivity contribution is 5.93. The van der Waals surface area contributed by atoms with Gasteiger partial charge in [0.25, 0.3) is 5.91 Å². The Morgan fingerprint density at radius 2 is 2.06 bits per heavy atom. The van der Waals surface area contributed by atoms with E-state index in [9.17, 15) is 4.79 Å². The van der Waals surface area contributed by atoms with Crippen LogP contribution in [0.25, 0.3) is 0 Å². The third-order valence-corrected chi connectivity index (χ3v) is 2.88. The molecule has 0 aromatic carbocycles. The summed E-state index contributed by atoms with van der Waals surface area (Å²) in [6.45, 7) is 4.72. The quantitative estimate of drug-likeness (QED) is 0.863. The molecule has 0 unspecified atom stereocenters. The number of aromatic amines is 1. The molecule has 4 heteroatoms. The van der Waals surface area contributed by atoms with E-state index >= 15 is 0 Å². The average molecular weight is 243 g/mol. The molecular weight excluding hydrogens is 226 g/mol. The van der Waals surface area contributed by atoms with Gasteiger partial charge in [-0.25, -0.2) is 0 Å². The normalized spacial score (nSPS) is 10.3. The first-order valence-electron chi connectivity index (χ1n) is 6.00. The van der Waals surface area contributed by atoms with Crippen LogP contribution in [0.5, 0.6) is 0 Å². The van der Waals surface area contributed by atoms with Crippen molar-refractivity contribution in [3.8, 4) is 0 Å².